The van der Waals surface area contributed by atoms with E-state index in [1.807, 2.05) is 24.3 Å². The second kappa shape index (κ2) is 6.15. The predicted molar refractivity (Wildman–Crippen MR) is 117 cm³/mol. The molecule has 3 heteroatoms. The van der Waals surface area contributed by atoms with Crippen LogP contribution in [0.5, 0.6) is 5.75 Å². The van der Waals surface area contributed by atoms with E-state index in [1.165, 1.54) is 22.3 Å². The smallest absolute Gasteiger partial charge is 0.150 e. The molecule has 2 nitrogen and oxygen atoms in total. The molecule has 1 N–H and O–H groups in total. The number of anilines is 1. The molecule has 140 valence electrons. The number of ether oxygens (including phenoxy) is 1. The minimum atomic E-state index is -0.177. The van der Waals surface area contributed by atoms with Crippen LogP contribution in [-0.2, 0) is 0 Å². The molecule has 1 atom stereocenters. The zero-order valence-corrected chi connectivity index (χ0v) is 17.0. The van der Waals surface area contributed by atoms with Crippen LogP contribution in [0.4, 0.5) is 5.69 Å². The van der Waals surface area contributed by atoms with E-state index in [4.69, 9.17) is 16.3 Å². The van der Waals surface area contributed by atoms with Crippen LogP contribution in [0.3, 0.4) is 0 Å². The van der Waals surface area contributed by atoms with Crippen LogP contribution in [0, 0.1) is 0 Å². The highest BCUT2D eigenvalue weighted by Crippen LogP contribution is 2.50. The molecule has 0 unspecified atom stereocenters. The van der Waals surface area contributed by atoms with Crippen molar-refractivity contribution >= 4 is 22.9 Å². The molecule has 3 aromatic carbocycles. The highest BCUT2D eigenvalue weighted by atomic mass is 35.5. The zero-order chi connectivity index (χ0) is 19.5. The van der Waals surface area contributed by atoms with Crippen LogP contribution >= 0.6 is 11.6 Å². The van der Waals surface area contributed by atoms with Crippen molar-refractivity contribution < 1.29 is 4.74 Å². The second-order valence-corrected chi connectivity index (χ2v) is 8.61. The molecule has 28 heavy (non-hydrogen) atoms. The summed E-state index contributed by atoms with van der Waals surface area (Å²) >= 11 is 6.14. The van der Waals surface area contributed by atoms with Crippen LogP contribution in [0.2, 0.25) is 5.02 Å². The van der Waals surface area contributed by atoms with Crippen molar-refractivity contribution in [2.24, 2.45) is 0 Å². The fourth-order valence-electron chi connectivity index (χ4n) is 4.50. The summed E-state index contributed by atoms with van der Waals surface area (Å²) < 4.78 is 6.55. The molecule has 0 saturated carbocycles. The van der Waals surface area contributed by atoms with E-state index < -0.39 is 0 Å². The Labute approximate surface area is 170 Å². The number of para-hydroxylation sites is 1. The van der Waals surface area contributed by atoms with Gasteiger partial charge in [0, 0.05) is 27.4 Å². The number of nitrogens with one attached hydrogen (secondary N) is 1. The molecular formula is C25H22ClNO. The minimum absolute atomic E-state index is 0.0749. The zero-order valence-electron chi connectivity index (χ0n) is 16.2. The monoisotopic (exact) mass is 387 g/mol. The molecule has 2 heterocycles. The van der Waals surface area contributed by atoms with Crippen LogP contribution in [-0.4, -0.2) is 5.54 Å². The van der Waals surface area contributed by atoms with E-state index in [2.05, 4.69) is 68.6 Å². The summed E-state index contributed by atoms with van der Waals surface area (Å²) in [5.41, 5.74) is 8.29. The van der Waals surface area contributed by atoms with Gasteiger partial charge in [-0.15, -0.1) is 0 Å². The number of allylic oxidation sites excluding steroid dienone is 1. The van der Waals surface area contributed by atoms with Crippen LogP contribution in [0.15, 0.2) is 66.7 Å². The molecule has 5 rings (SSSR count). The summed E-state index contributed by atoms with van der Waals surface area (Å²) in [6, 6.07) is 20.7. The Balaban J connectivity index is 1.80. The maximum Gasteiger partial charge on any atom is 0.150 e. The standard InChI is InChI=1S/C25H22ClNO/c1-15-14-25(2,3)27-20-13-12-19-18-6-4-5-7-21(18)28-24(23(19)22(15)20)16-8-10-17(26)11-9-16/h4-14,24,27H,1-3H3/t24-/m1/s1. The summed E-state index contributed by atoms with van der Waals surface area (Å²) in [5, 5.41) is 4.40. The Bertz CT molecular complexity index is 1110. The molecule has 2 aliphatic heterocycles. The normalized spacial score (nSPS) is 18.7. The summed E-state index contributed by atoms with van der Waals surface area (Å²) in [7, 11) is 0. The summed E-state index contributed by atoms with van der Waals surface area (Å²) in [5.74, 6) is 0.917. The van der Waals surface area contributed by atoms with Crippen molar-refractivity contribution in [1.82, 2.24) is 0 Å². The van der Waals surface area contributed by atoms with E-state index in [0.717, 1.165) is 27.6 Å². The van der Waals surface area contributed by atoms with Gasteiger partial charge in [0.2, 0.25) is 0 Å². The Morgan fingerprint density at radius 2 is 1.68 bits per heavy atom. The fourth-order valence-corrected chi connectivity index (χ4v) is 4.63. The van der Waals surface area contributed by atoms with Crippen molar-refractivity contribution in [3.63, 3.8) is 0 Å². The topological polar surface area (TPSA) is 21.3 Å². The van der Waals surface area contributed by atoms with Crippen LogP contribution < -0.4 is 10.1 Å². The summed E-state index contributed by atoms with van der Waals surface area (Å²) in [6.45, 7) is 6.59. The average molecular weight is 388 g/mol. The molecule has 0 saturated heterocycles. The molecule has 0 bridgehead atoms. The SMILES string of the molecule is CC1=CC(C)(C)Nc2ccc3c(c21)[C@@H](c1ccc(Cl)cc1)Oc1ccccc1-3. The van der Waals surface area contributed by atoms with Gasteiger partial charge < -0.3 is 10.1 Å². The van der Waals surface area contributed by atoms with Crippen molar-refractivity contribution in [2.75, 3.05) is 5.32 Å². The maximum absolute atomic E-state index is 6.55. The first-order valence-electron chi connectivity index (χ1n) is 9.59. The Kier molecular flexibility index (Phi) is 3.82. The van der Waals surface area contributed by atoms with E-state index in [0.29, 0.717) is 0 Å². The van der Waals surface area contributed by atoms with E-state index in [-0.39, 0.29) is 11.6 Å². The number of fused-ring (bicyclic) bond motifs is 5. The van der Waals surface area contributed by atoms with Gasteiger partial charge in [0.1, 0.15) is 5.75 Å². The van der Waals surface area contributed by atoms with E-state index in [9.17, 15) is 0 Å². The summed E-state index contributed by atoms with van der Waals surface area (Å²) in [6.07, 6.45) is 2.12. The van der Waals surface area contributed by atoms with Gasteiger partial charge in [-0.25, -0.2) is 0 Å². The molecule has 0 amide bonds. The van der Waals surface area contributed by atoms with Crippen LogP contribution in [0.1, 0.15) is 43.6 Å². The molecule has 0 fully saturated rings. The lowest BCUT2D eigenvalue weighted by molar-refractivity contribution is 0.243. The predicted octanol–water partition coefficient (Wildman–Crippen LogP) is 7.10. The van der Waals surface area contributed by atoms with Gasteiger partial charge in [0.15, 0.2) is 6.10 Å². The Morgan fingerprint density at radius 1 is 0.929 bits per heavy atom. The largest absolute Gasteiger partial charge is 0.480 e. The van der Waals surface area contributed by atoms with Crippen molar-refractivity contribution in [2.45, 2.75) is 32.4 Å². The Morgan fingerprint density at radius 3 is 2.46 bits per heavy atom. The minimum Gasteiger partial charge on any atom is -0.480 e. The van der Waals surface area contributed by atoms with Crippen molar-refractivity contribution in [1.29, 1.82) is 0 Å². The third-order valence-corrected chi connectivity index (χ3v) is 5.78. The molecular weight excluding hydrogens is 366 g/mol. The number of halogens is 1. The van der Waals surface area contributed by atoms with Gasteiger partial charge in [0.05, 0.1) is 5.54 Å². The number of rotatable bonds is 1. The van der Waals surface area contributed by atoms with Gasteiger partial charge in [0.25, 0.3) is 0 Å². The van der Waals surface area contributed by atoms with Gasteiger partial charge >= 0.3 is 0 Å². The Hall–Kier alpha value is -2.71. The first kappa shape index (κ1) is 17.4. The number of hydrogen-bond acceptors (Lipinski definition) is 2. The van der Waals surface area contributed by atoms with Gasteiger partial charge in [-0.1, -0.05) is 54.1 Å². The molecule has 0 aromatic heterocycles. The number of benzene rings is 3. The molecule has 3 aromatic rings. The third-order valence-electron chi connectivity index (χ3n) is 5.53. The van der Waals surface area contributed by atoms with Crippen molar-refractivity contribution in [3.05, 3.63) is 88.5 Å². The first-order valence-corrected chi connectivity index (χ1v) is 9.97. The van der Waals surface area contributed by atoms with E-state index in [1.54, 1.807) is 0 Å². The van der Waals surface area contributed by atoms with E-state index >= 15 is 0 Å². The third kappa shape index (κ3) is 2.71. The number of hydrogen-bond donors (Lipinski definition) is 1. The quantitative estimate of drug-likeness (QED) is 0.481. The molecule has 0 aliphatic carbocycles. The van der Waals surface area contributed by atoms with Crippen molar-refractivity contribution in [3.8, 4) is 16.9 Å². The lowest BCUT2D eigenvalue weighted by atomic mass is 9.80. The first-order chi connectivity index (χ1) is 13.4. The molecule has 0 radical (unpaired) electrons. The summed E-state index contributed by atoms with van der Waals surface area (Å²) in [4.78, 5) is 0. The fraction of sp³-hybridized carbons (Fsp3) is 0.200. The second-order valence-electron chi connectivity index (χ2n) is 8.17. The maximum atomic E-state index is 6.55. The molecule has 2 aliphatic rings. The lowest BCUT2D eigenvalue weighted by Gasteiger charge is -2.37. The van der Waals surface area contributed by atoms with Gasteiger partial charge in [-0.2, -0.15) is 0 Å². The highest BCUT2D eigenvalue weighted by Gasteiger charge is 2.34. The average Bonchev–Trinajstić information content (AvgIpc) is 2.66. The van der Waals surface area contributed by atoms with Gasteiger partial charge in [-0.05, 0) is 61.7 Å². The van der Waals surface area contributed by atoms with Crippen LogP contribution in [0.25, 0.3) is 16.7 Å². The van der Waals surface area contributed by atoms with Gasteiger partial charge in [-0.3, -0.25) is 0 Å². The molecule has 0 spiro atoms. The lowest BCUT2D eigenvalue weighted by Crippen LogP contribution is -2.32. The highest BCUT2D eigenvalue weighted by molar-refractivity contribution is 6.30.